The maximum atomic E-state index is 13.8. The number of rotatable bonds is 2. The molecule has 0 aromatic heterocycles. The first kappa shape index (κ1) is 16.0. The Morgan fingerprint density at radius 2 is 1.47 bits per heavy atom. The molecule has 0 aromatic carbocycles. The Morgan fingerprint density at radius 1 is 1.05 bits per heavy atom. The van der Waals surface area contributed by atoms with E-state index in [0.717, 1.165) is 6.92 Å². The fourth-order valence-corrected chi connectivity index (χ4v) is 1.71. The van der Waals surface area contributed by atoms with Crippen molar-refractivity contribution in [3.8, 4) is 0 Å². The summed E-state index contributed by atoms with van der Waals surface area (Å²) in [5.74, 6) is -19.1. The fraction of sp³-hybridized carbons (Fsp3) is 0.889. The number of nitrogens with zero attached hydrogens (tertiary/aromatic N) is 1. The van der Waals surface area contributed by atoms with Crippen molar-refractivity contribution < 1.29 is 39.9 Å². The molecule has 1 aliphatic carbocycles. The quantitative estimate of drug-likeness (QED) is 0.717. The Morgan fingerprint density at radius 3 is 1.74 bits per heavy atom. The maximum absolute atomic E-state index is 13.8. The monoisotopic (exact) mass is 299 g/mol. The normalized spacial score (nSPS) is 35.2. The van der Waals surface area contributed by atoms with Crippen molar-refractivity contribution in [1.29, 1.82) is 0 Å². The summed E-state index contributed by atoms with van der Waals surface area (Å²) in [6.45, 7) is -1.17. The highest BCUT2D eigenvalue weighted by Gasteiger charge is 2.92. The largest absolute Gasteiger partial charge is 0.378 e. The molecule has 2 unspecified atom stereocenters. The van der Waals surface area contributed by atoms with Crippen molar-refractivity contribution in [3.63, 3.8) is 0 Å². The molecule has 0 N–H and O–H groups in total. The molecule has 1 amide bonds. The summed E-state index contributed by atoms with van der Waals surface area (Å²) in [6, 6.07) is 0. The average Bonchev–Trinajstić information content (AvgIpc) is 2.31. The van der Waals surface area contributed by atoms with Gasteiger partial charge in [0.1, 0.15) is 0 Å². The van der Waals surface area contributed by atoms with Crippen LogP contribution in [0, 0.1) is 0 Å². The molecule has 2 atom stereocenters. The molecule has 19 heavy (non-hydrogen) atoms. The molecule has 112 valence electrons. The summed E-state index contributed by atoms with van der Waals surface area (Å²) >= 11 is 0. The van der Waals surface area contributed by atoms with Crippen LogP contribution in [0.4, 0.5) is 35.1 Å². The van der Waals surface area contributed by atoms with Crippen LogP contribution in [0.3, 0.4) is 0 Å². The lowest BCUT2D eigenvalue weighted by Gasteiger charge is -2.32. The number of carbonyl (C=O) groups is 1. The molecule has 1 aliphatic rings. The number of halogens is 8. The van der Waals surface area contributed by atoms with Crippen molar-refractivity contribution in [2.75, 3.05) is 13.6 Å². The van der Waals surface area contributed by atoms with E-state index in [1.165, 1.54) is 0 Å². The lowest BCUT2D eigenvalue weighted by atomic mass is 9.98. The van der Waals surface area contributed by atoms with E-state index in [1.807, 2.05) is 0 Å². The van der Waals surface area contributed by atoms with Gasteiger partial charge in [-0.25, -0.2) is 8.78 Å². The Hall–Kier alpha value is -1.09. The standard InChI is InChI=1S/C9H9F8NO/c1-4(19)18(2)3-6(11)5(10)7(12,13)9(16,17)8(6,14)15/h5H,3H2,1-2H3. The van der Waals surface area contributed by atoms with Crippen LogP contribution >= 0.6 is 0 Å². The van der Waals surface area contributed by atoms with Gasteiger partial charge in [0.2, 0.25) is 17.7 Å². The van der Waals surface area contributed by atoms with Gasteiger partial charge in [-0.2, -0.15) is 26.3 Å². The van der Waals surface area contributed by atoms with Gasteiger partial charge in [0.15, 0.2) is 0 Å². The van der Waals surface area contributed by atoms with E-state index < -0.39 is 42.1 Å². The van der Waals surface area contributed by atoms with E-state index in [-0.39, 0.29) is 4.90 Å². The first-order chi connectivity index (χ1) is 8.23. The van der Waals surface area contributed by atoms with Crippen molar-refractivity contribution in [2.24, 2.45) is 0 Å². The van der Waals surface area contributed by atoms with Gasteiger partial charge in [0.05, 0.1) is 6.54 Å². The number of amides is 1. The molecule has 1 saturated carbocycles. The van der Waals surface area contributed by atoms with Gasteiger partial charge in [-0.3, -0.25) is 4.79 Å². The molecular formula is C9H9F8NO. The van der Waals surface area contributed by atoms with Gasteiger partial charge in [-0.15, -0.1) is 0 Å². The topological polar surface area (TPSA) is 20.3 Å². The van der Waals surface area contributed by atoms with E-state index in [9.17, 15) is 39.9 Å². The summed E-state index contributed by atoms with van der Waals surface area (Å²) in [7, 11) is 0.696. The highest BCUT2D eigenvalue weighted by atomic mass is 19.4. The number of hydrogen-bond donors (Lipinski definition) is 0. The molecule has 1 rings (SSSR count). The van der Waals surface area contributed by atoms with Crippen LogP contribution in [0.2, 0.25) is 0 Å². The fourth-order valence-electron chi connectivity index (χ4n) is 1.71. The Balaban J connectivity index is 3.31. The van der Waals surface area contributed by atoms with E-state index in [4.69, 9.17) is 0 Å². The van der Waals surface area contributed by atoms with E-state index in [2.05, 4.69) is 0 Å². The zero-order valence-electron chi connectivity index (χ0n) is 9.66. The number of alkyl halides is 8. The third-order valence-electron chi connectivity index (χ3n) is 3.06. The zero-order valence-corrected chi connectivity index (χ0v) is 9.66. The smallest absolute Gasteiger partial charge is 0.342 e. The van der Waals surface area contributed by atoms with Crippen LogP contribution in [-0.4, -0.2) is 54.0 Å². The second-order valence-corrected chi connectivity index (χ2v) is 4.37. The minimum Gasteiger partial charge on any atom is -0.342 e. The molecule has 2 nitrogen and oxygen atoms in total. The SMILES string of the molecule is CC(=O)N(C)CC1(F)C(F)C(F)(F)C(F)(F)C1(F)F. The molecule has 0 aromatic rings. The summed E-state index contributed by atoms with van der Waals surface area (Å²) in [5, 5.41) is 0. The molecule has 0 spiro atoms. The van der Waals surface area contributed by atoms with Crippen molar-refractivity contribution in [3.05, 3.63) is 0 Å². The molecule has 0 heterocycles. The Kier molecular flexibility index (Phi) is 3.32. The van der Waals surface area contributed by atoms with Crippen molar-refractivity contribution in [2.45, 2.75) is 36.5 Å². The third-order valence-corrected chi connectivity index (χ3v) is 3.06. The van der Waals surface area contributed by atoms with E-state index in [0.29, 0.717) is 7.05 Å². The van der Waals surface area contributed by atoms with Gasteiger partial charge in [0.25, 0.3) is 0 Å². The Labute approximate surface area is 102 Å². The van der Waals surface area contributed by atoms with E-state index in [1.54, 1.807) is 0 Å². The minimum absolute atomic E-state index is 0.123. The van der Waals surface area contributed by atoms with Gasteiger partial charge in [-0.05, 0) is 0 Å². The number of carbonyl (C=O) groups excluding carboxylic acids is 1. The molecule has 0 radical (unpaired) electrons. The van der Waals surface area contributed by atoms with Crippen LogP contribution < -0.4 is 0 Å². The molecule has 1 fully saturated rings. The van der Waals surface area contributed by atoms with Crippen molar-refractivity contribution >= 4 is 5.91 Å². The van der Waals surface area contributed by atoms with E-state index >= 15 is 0 Å². The summed E-state index contributed by atoms with van der Waals surface area (Å²) < 4.78 is 105. The summed E-state index contributed by atoms with van der Waals surface area (Å²) in [6.07, 6.45) is -4.44. The van der Waals surface area contributed by atoms with Gasteiger partial charge < -0.3 is 4.90 Å². The van der Waals surface area contributed by atoms with Crippen LogP contribution in [0.25, 0.3) is 0 Å². The first-order valence-electron chi connectivity index (χ1n) is 4.91. The molecule has 0 saturated heterocycles. The highest BCUT2D eigenvalue weighted by molar-refractivity contribution is 5.73. The second kappa shape index (κ2) is 3.95. The second-order valence-electron chi connectivity index (χ2n) is 4.37. The molecule has 0 bridgehead atoms. The first-order valence-corrected chi connectivity index (χ1v) is 4.91. The lowest BCUT2D eigenvalue weighted by Crippen LogP contribution is -2.57. The van der Waals surface area contributed by atoms with Crippen LogP contribution in [0.1, 0.15) is 6.92 Å². The van der Waals surface area contributed by atoms with Crippen LogP contribution in [-0.2, 0) is 4.79 Å². The van der Waals surface area contributed by atoms with Crippen LogP contribution in [0.5, 0.6) is 0 Å². The predicted molar refractivity (Wildman–Crippen MR) is 46.9 cm³/mol. The third kappa shape index (κ3) is 1.71. The van der Waals surface area contributed by atoms with Crippen LogP contribution in [0.15, 0.2) is 0 Å². The molecular weight excluding hydrogens is 290 g/mol. The van der Waals surface area contributed by atoms with Crippen molar-refractivity contribution in [1.82, 2.24) is 4.90 Å². The minimum atomic E-state index is -6.19. The zero-order chi connectivity index (χ0) is 15.4. The van der Waals surface area contributed by atoms with Gasteiger partial charge in [0, 0.05) is 14.0 Å². The summed E-state index contributed by atoms with van der Waals surface area (Å²) in [5.41, 5.74) is -4.87. The highest BCUT2D eigenvalue weighted by Crippen LogP contribution is 2.63. The summed E-state index contributed by atoms with van der Waals surface area (Å²) in [4.78, 5) is 10.9. The van der Waals surface area contributed by atoms with Gasteiger partial charge >= 0.3 is 17.8 Å². The van der Waals surface area contributed by atoms with Gasteiger partial charge in [-0.1, -0.05) is 0 Å². The number of hydrogen-bond acceptors (Lipinski definition) is 1. The molecule has 0 aliphatic heterocycles. The average molecular weight is 299 g/mol. The predicted octanol–water partition coefficient (Wildman–Crippen LogP) is 2.43. The molecule has 10 heteroatoms. The Bertz CT molecular complexity index is 398. The maximum Gasteiger partial charge on any atom is 0.378 e. The lowest BCUT2D eigenvalue weighted by molar-refractivity contribution is -0.289.